The third kappa shape index (κ3) is 5.49. The lowest BCUT2D eigenvalue weighted by Gasteiger charge is -2.37. The molecule has 1 aliphatic rings. The van der Waals surface area contributed by atoms with Gasteiger partial charge in [-0.1, -0.05) is 34.1 Å². The zero-order chi connectivity index (χ0) is 18.6. The van der Waals surface area contributed by atoms with Crippen molar-refractivity contribution in [2.24, 2.45) is 11.8 Å². The minimum absolute atomic E-state index is 0.126. The summed E-state index contributed by atoms with van der Waals surface area (Å²) in [7, 11) is 0. The first kappa shape index (κ1) is 19.8. The van der Waals surface area contributed by atoms with Gasteiger partial charge in [-0.15, -0.1) is 0 Å². The molecule has 1 aromatic carbocycles. The fraction of sp³-hybridized carbons (Fsp3) is 0.682. The molecule has 0 aliphatic carbocycles. The molecule has 0 fully saturated rings. The van der Waals surface area contributed by atoms with Crippen molar-refractivity contribution < 1.29 is 14.6 Å². The van der Waals surface area contributed by atoms with Crippen LogP contribution in [0, 0.1) is 11.8 Å². The predicted molar refractivity (Wildman–Crippen MR) is 103 cm³/mol. The van der Waals surface area contributed by atoms with Crippen LogP contribution in [0.2, 0.25) is 0 Å². The predicted octanol–water partition coefficient (Wildman–Crippen LogP) is 5.88. The molecular weight excluding hydrogens is 312 g/mol. The van der Waals surface area contributed by atoms with Crippen molar-refractivity contribution in [3.63, 3.8) is 0 Å². The van der Waals surface area contributed by atoms with Crippen LogP contribution in [0.1, 0.15) is 88.2 Å². The number of hydrogen-bond acceptors (Lipinski definition) is 2. The first-order valence-electron chi connectivity index (χ1n) is 9.78. The van der Waals surface area contributed by atoms with Gasteiger partial charge in [0, 0.05) is 0 Å². The number of carboxylic acids is 1. The van der Waals surface area contributed by atoms with Crippen LogP contribution in [0.5, 0.6) is 5.75 Å². The number of benzene rings is 1. The fourth-order valence-corrected chi connectivity index (χ4v) is 3.58. The Hall–Kier alpha value is -1.51. The minimum Gasteiger partial charge on any atom is -0.487 e. The molecule has 25 heavy (non-hydrogen) atoms. The van der Waals surface area contributed by atoms with Gasteiger partial charge in [0.1, 0.15) is 11.4 Å². The lowest BCUT2D eigenvalue weighted by molar-refractivity contribution is 0.0514. The summed E-state index contributed by atoms with van der Waals surface area (Å²) in [6, 6.07) is 3.63. The second-order valence-electron chi connectivity index (χ2n) is 8.70. The molecule has 0 spiro atoms. The molecule has 0 unspecified atom stereocenters. The average molecular weight is 347 g/mol. The van der Waals surface area contributed by atoms with Crippen LogP contribution in [-0.2, 0) is 12.8 Å². The summed E-state index contributed by atoms with van der Waals surface area (Å²) >= 11 is 0. The van der Waals surface area contributed by atoms with Gasteiger partial charge in [0.2, 0.25) is 0 Å². The Bertz CT molecular complexity index is 604. The SMILES string of the molecule is CC(C)CCC[C@@]1(C)CCc2cc(C(=O)O)cc(CCC(C)C)c2O1. The second kappa shape index (κ2) is 8.25. The molecule has 0 radical (unpaired) electrons. The lowest BCUT2D eigenvalue weighted by atomic mass is 9.85. The standard InChI is InChI=1S/C22H34O3/c1-15(2)7-6-11-22(5)12-10-18-14-19(21(23)24)13-17(20(18)25-22)9-8-16(3)4/h13-16H,6-12H2,1-5H3,(H,23,24)/t22-/m0/s1. The molecule has 1 heterocycles. The number of ether oxygens (including phenoxy) is 1. The van der Waals surface area contributed by atoms with E-state index in [2.05, 4.69) is 34.6 Å². The first-order valence-corrected chi connectivity index (χ1v) is 9.78. The van der Waals surface area contributed by atoms with Crippen LogP contribution in [0.4, 0.5) is 0 Å². The molecule has 0 bridgehead atoms. The van der Waals surface area contributed by atoms with E-state index in [1.165, 1.54) is 12.8 Å². The number of carbonyl (C=O) groups is 1. The number of aryl methyl sites for hydroxylation is 2. The number of hydrogen-bond donors (Lipinski definition) is 1. The molecule has 1 aromatic rings. The Morgan fingerprint density at radius 2 is 1.88 bits per heavy atom. The molecule has 3 heteroatoms. The molecule has 1 N–H and O–H groups in total. The van der Waals surface area contributed by atoms with E-state index in [1.54, 1.807) is 0 Å². The second-order valence-corrected chi connectivity index (χ2v) is 8.70. The maximum Gasteiger partial charge on any atom is 0.335 e. The Morgan fingerprint density at radius 3 is 2.48 bits per heavy atom. The summed E-state index contributed by atoms with van der Waals surface area (Å²) in [6.07, 6.45) is 7.26. The van der Waals surface area contributed by atoms with Gasteiger partial charge in [-0.2, -0.15) is 0 Å². The summed E-state index contributed by atoms with van der Waals surface area (Å²) in [5.74, 6) is 1.42. The quantitative estimate of drug-likeness (QED) is 0.639. The average Bonchev–Trinajstić information content (AvgIpc) is 2.51. The van der Waals surface area contributed by atoms with Gasteiger partial charge in [0.15, 0.2) is 0 Å². The monoisotopic (exact) mass is 346 g/mol. The van der Waals surface area contributed by atoms with Crippen molar-refractivity contribution >= 4 is 5.97 Å². The van der Waals surface area contributed by atoms with Crippen molar-refractivity contribution in [2.75, 3.05) is 0 Å². The van der Waals surface area contributed by atoms with Gasteiger partial charge >= 0.3 is 5.97 Å². The van der Waals surface area contributed by atoms with Crippen molar-refractivity contribution in [3.05, 3.63) is 28.8 Å². The van der Waals surface area contributed by atoms with Gasteiger partial charge in [0.25, 0.3) is 0 Å². The molecule has 1 atom stereocenters. The fourth-order valence-electron chi connectivity index (χ4n) is 3.58. The van der Waals surface area contributed by atoms with E-state index in [0.29, 0.717) is 11.5 Å². The van der Waals surface area contributed by atoms with Crippen LogP contribution in [0.3, 0.4) is 0 Å². The lowest BCUT2D eigenvalue weighted by Crippen LogP contribution is -2.37. The van der Waals surface area contributed by atoms with E-state index < -0.39 is 5.97 Å². The summed E-state index contributed by atoms with van der Waals surface area (Å²) in [5.41, 5.74) is 2.40. The highest BCUT2D eigenvalue weighted by atomic mass is 16.5. The molecule has 0 saturated carbocycles. The molecule has 140 valence electrons. The van der Waals surface area contributed by atoms with Crippen molar-refractivity contribution in [1.82, 2.24) is 0 Å². The van der Waals surface area contributed by atoms with Gasteiger partial charge < -0.3 is 9.84 Å². The van der Waals surface area contributed by atoms with Crippen LogP contribution >= 0.6 is 0 Å². The van der Waals surface area contributed by atoms with Crippen LogP contribution < -0.4 is 4.74 Å². The molecule has 3 nitrogen and oxygen atoms in total. The van der Waals surface area contributed by atoms with Gasteiger partial charge in [-0.05, 0) is 80.5 Å². The van der Waals surface area contributed by atoms with Crippen molar-refractivity contribution in [2.45, 2.75) is 85.2 Å². The molecule has 0 aromatic heterocycles. The van der Waals surface area contributed by atoms with E-state index in [9.17, 15) is 9.90 Å². The number of rotatable bonds is 8. The van der Waals surface area contributed by atoms with Crippen LogP contribution in [0.15, 0.2) is 12.1 Å². The normalized spacial score (nSPS) is 19.8. The highest BCUT2D eigenvalue weighted by molar-refractivity contribution is 5.88. The third-order valence-electron chi connectivity index (χ3n) is 5.24. The molecular formula is C22H34O3. The molecule has 1 aliphatic heterocycles. The summed E-state index contributed by atoms with van der Waals surface area (Å²) in [6.45, 7) is 11.1. The summed E-state index contributed by atoms with van der Waals surface area (Å²) in [4.78, 5) is 11.5. The first-order chi connectivity index (χ1) is 11.7. The Balaban J connectivity index is 2.24. The van der Waals surface area contributed by atoms with Crippen molar-refractivity contribution in [1.29, 1.82) is 0 Å². The zero-order valence-corrected chi connectivity index (χ0v) is 16.5. The Kier molecular flexibility index (Phi) is 6.53. The van der Waals surface area contributed by atoms with Gasteiger partial charge in [0.05, 0.1) is 5.56 Å². The smallest absolute Gasteiger partial charge is 0.335 e. The zero-order valence-electron chi connectivity index (χ0n) is 16.5. The van der Waals surface area contributed by atoms with E-state index in [4.69, 9.17) is 4.74 Å². The Morgan fingerprint density at radius 1 is 1.20 bits per heavy atom. The molecule has 2 rings (SSSR count). The maximum absolute atomic E-state index is 11.5. The number of aromatic carboxylic acids is 1. The van der Waals surface area contributed by atoms with Crippen LogP contribution in [-0.4, -0.2) is 16.7 Å². The minimum atomic E-state index is -0.848. The maximum atomic E-state index is 11.5. The van der Waals surface area contributed by atoms with Gasteiger partial charge in [-0.25, -0.2) is 4.79 Å². The number of fused-ring (bicyclic) bond motifs is 1. The van der Waals surface area contributed by atoms with E-state index in [-0.39, 0.29) is 5.60 Å². The molecule has 0 amide bonds. The van der Waals surface area contributed by atoms with E-state index in [1.807, 2.05) is 12.1 Å². The van der Waals surface area contributed by atoms with E-state index >= 15 is 0 Å². The summed E-state index contributed by atoms with van der Waals surface area (Å²) < 4.78 is 6.51. The number of carboxylic acid groups (broad SMARTS) is 1. The summed E-state index contributed by atoms with van der Waals surface area (Å²) in [5, 5.41) is 9.42. The Labute approximate surface area is 152 Å². The highest BCUT2D eigenvalue weighted by Crippen LogP contribution is 2.40. The third-order valence-corrected chi connectivity index (χ3v) is 5.24. The topological polar surface area (TPSA) is 46.5 Å². The van der Waals surface area contributed by atoms with Crippen molar-refractivity contribution in [3.8, 4) is 5.75 Å². The highest BCUT2D eigenvalue weighted by Gasteiger charge is 2.33. The molecule has 0 saturated heterocycles. The van der Waals surface area contributed by atoms with E-state index in [0.717, 1.165) is 54.9 Å². The largest absolute Gasteiger partial charge is 0.487 e. The van der Waals surface area contributed by atoms with Gasteiger partial charge in [-0.3, -0.25) is 0 Å². The van der Waals surface area contributed by atoms with Crippen LogP contribution in [0.25, 0.3) is 0 Å².